The van der Waals surface area contributed by atoms with Crippen LogP contribution in [0.15, 0.2) is 24.3 Å². The van der Waals surface area contributed by atoms with Crippen LogP contribution in [-0.4, -0.2) is 30.9 Å². The lowest BCUT2D eigenvalue weighted by Gasteiger charge is -2.12. The molecule has 4 nitrogen and oxygen atoms in total. The highest BCUT2D eigenvalue weighted by atomic mass is 16.5. The number of unbranched alkanes of at least 4 members (excludes halogenated alkanes) is 3. The van der Waals surface area contributed by atoms with Crippen molar-refractivity contribution in [1.82, 2.24) is 0 Å². The van der Waals surface area contributed by atoms with Crippen LogP contribution in [0, 0.1) is 5.92 Å². The van der Waals surface area contributed by atoms with E-state index in [1.54, 1.807) is 12.1 Å². The van der Waals surface area contributed by atoms with E-state index in [0.29, 0.717) is 18.1 Å². The zero-order valence-electron chi connectivity index (χ0n) is 14.4. The van der Waals surface area contributed by atoms with E-state index >= 15 is 0 Å². The monoisotopic (exact) mass is 322 g/mol. The van der Waals surface area contributed by atoms with Crippen LogP contribution >= 0.6 is 0 Å². The number of phenols is 1. The number of rotatable bonds is 12. The van der Waals surface area contributed by atoms with Crippen molar-refractivity contribution in [3.63, 3.8) is 0 Å². The van der Waals surface area contributed by atoms with Crippen molar-refractivity contribution in [3.05, 3.63) is 29.8 Å². The third-order valence-corrected chi connectivity index (χ3v) is 3.73. The summed E-state index contributed by atoms with van der Waals surface area (Å²) in [5.41, 5.74) is 0.463. The number of aromatic hydroxyl groups is 1. The molecule has 0 heterocycles. The van der Waals surface area contributed by atoms with Crippen molar-refractivity contribution in [2.45, 2.75) is 52.4 Å². The predicted octanol–water partition coefficient (Wildman–Crippen LogP) is 4.56. The van der Waals surface area contributed by atoms with Crippen molar-refractivity contribution in [2.75, 3.05) is 19.8 Å². The highest BCUT2D eigenvalue weighted by Crippen LogP contribution is 2.12. The molecule has 0 amide bonds. The zero-order valence-corrected chi connectivity index (χ0v) is 14.4. The number of benzene rings is 1. The van der Waals surface area contributed by atoms with E-state index < -0.39 is 0 Å². The van der Waals surface area contributed by atoms with Crippen LogP contribution in [0.4, 0.5) is 0 Å². The zero-order chi connectivity index (χ0) is 16.9. The molecule has 1 N–H and O–H groups in total. The molecule has 0 radical (unpaired) electrons. The van der Waals surface area contributed by atoms with Crippen LogP contribution in [0.1, 0.15) is 62.7 Å². The molecule has 1 aromatic carbocycles. The Morgan fingerprint density at radius 3 is 2.48 bits per heavy atom. The second-order valence-electron chi connectivity index (χ2n) is 6.07. The Labute approximate surface area is 139 Å². The fraction of sp³-hybridized carbons (Fsp3) is 0.632. The van der Waals surface area contributed by atoms with E-state index in [1.807, 2.05) is 0 Å². The maximum absolute atomic E-state index is 11.8. The van der Waals surface area contributed by atoms with Crippen molar-refractivity contribution in [3.8, 4) is 5.75 Å². The Hall–Kier alpha value is -1.55. The lowest BCUT2D eigenvalue weighted by Crippen LogP contribution is -2.12. The van der Waals surface area contributed by atoms with Gasteiger partial charge in [-0.05, 0) is 49.4 Å². The fourth-order valence-corrected chi connectivity index (χ4v) is 2.25. The molecule has 1 unspecified atom stereocenters. The fourth-order valence-electron chi connectivity index (χ4n) is 2.25. The first-order chi connectivity index (χ1) is 11.1. The average molecular weight is 322 g/mol. The van der Waals surface area contributed by atoms with E-state index in [1.165, 1.54) is 31.4 Å². The molecular formula is C19H30O4. The van der Waals surface area contributed by atoms with Crippen molar-refractivity contribution in [2.24, 2.45) is 5.92 Å². The first kappa shape index (κ1) is 19.5. The van der Waals surface area contributed by atoms with Gasteiger partial charge in [-0.3, -0.25) is 0 Å². The number of hydrogen-bond acceptors (Lipinski definition) is 4. The molecule has 130 valence electrons. The average Bonchev–Trinajstić information content (AvgIpc) is 2.55. The van der Waals surface area contributed by atoms with Gasteiger partial charge in [-0.2, -0.15) is 0 Å². The summed E-state index contributed by atoms with van der Waals surface area (Å²) in [6.45, 7) is 6.32. The molecule has 0 aliphatic heterocycles. The predicted molar refractivity (Wildman–Crippen MR) is 91.7 cm³/mol. The molecule has 0 saturated heterocycles. The van der Waals surface area contributed by atoms with Crippen LogP contribution < -0.4 is 0 Å². The normalized spacial score (nSPS) is 12.1. The first-order valence-electron chi connectivity index (χ1n) is 8.67. The van der Waals surface area contributed by atoms with E-state index in [9.17, 15) is 9.90 Å². The number of ether oxygens (including phenoxy) is 2. The molecule has 0 aliphatic carbocycles. The van der Waals surface area contributed by atoms with Crippen molar-refractivity contribution < 1.29 is 19.4 Å². The summed E-state index contributed by atoms with van der Waals surface area (Å²) >= 11 is 0. The van der Waals surface area contributed by atoms with Crippen molar-refractivity contribution >= 4 is 5.97 Å². The molecule has 4 heteroatoms. The molecule has 0 saturated carbocycles. The summed E-state index contributed by atoms with van der Waals surface area (Å²) in [5.74, 6) is 0.119. The molecule has 23 heavy (non-hydrogen) atoms. The SMILES string of the molecule is CCCCCCOCCCC(C)COC(=O)c1ccc(O)cc1. The molecule has 0 aromatic heterocycles. The second kappa shape index (κ2) is 11.9. The van der Waals surface area contributed by atoms with E-state index in [4.69, 9.17) is 9.47 Å². The standard InChI is InChI=1S/C19H30O4/c1-3-4-5-6-13-22-14-7-8-16(2)15-23-19(21)17-9-11-18(20)12-10-17/h9-12,16,20H,3-8,13-15H2,1-2H3. The summed E-state index contributed by atoms with van der Waals surface area (Å²) in [6.07, 6.45) is 6.91. The van der Waals surface area contributed by atoms with Gasteiger partial charge in [-0.15, -0.1) is 0 Å². The van der Waals surface area contributed by atoms with Gasteiger partial charge in [-0.1, -0.05) is 33.1 Å². The molecular weight excluding hydrogens is 292 g/mol. The number of esters is 1. The maximum atomic E-state index is 11.8. The minimum atomic E-state index is -0.343. The Morgan fingerprint density at radius 2 is 1.78 bits per heavy atom. The molecule has 0 aliphatic rings. The van der Waals surface area contributed by atoms with Gasteiger partial charge < -0.3 is 14.6 Å². The van der Waals surface area contributed by atoms with Crippen LogP contribution in [0.25, 0.3) is 0 Å². The maximum Gasteiger partial charge on any atom is 0.338 e. The number of carbonyl (C=O) groups is 1. The molecule has 0 spiro atoms. The van der Waals surface area contributed by atoms with E-state index in [2.05, 4.69) is 13.8 Å². The summed E-state index contributed by atoms with van der Waals surface area (Å²) < 4.78 is 10.9. The smallest absolute Gasteiger partial charge is 0.338 e. The third kappa shape index (κ3) is 9.24. The summed E-state index contributed by atoms with van der Waals surface area (Å²) in [5, 5.41) is 9.19. The Morgan fingerprint density at radius 1 is 1.09 bits per heavy atom. The molecule has 1 rings (SSSR count). The van der Waals surface area contributed by atoms with Crippen molar-refractivity contribution in [1.29, 1.82) is 0 Å². The molecule has 1 aromatic rings. The van der Waals surface area contributed by atoms with E-state index in [0.717, 1.165) is 32.5 Å². The Balaban J connectivity index is 2.04. The number of hydrogen-bond donors (Lipinski definition) is 1. The van der Waals surface area contributed by atoms with Gasteiger partial charge in [0.15, 0.2) is 0 Å². The Bertz CT molecular complexity index is 428. The summed E-state index contributed by atoms with van der Waals surface area (Å²) in [4.78, 5) is 11.8. The third-order valence-electron chi connectivity index (χ3n) is 3.73. The van der Waals surface area contributed by atoms with Crippen LogP contribution in [0.5, 0.6) is 5.75 Å². The van der Waals surface area contributed by atoms with Gasteiger partial charge in [0.1, 0.15) is 5.75 Å². The lowest BCUT2D eigenvalue weighted by atomic mass is 10.1. The van der Waals surface area contributed by atoms with Crippen LogP contribution in [-0.2, 0) is 9.47 Å². The largest absolute Gasteiger partial charge is 0.508 e. The molecule has 0 bridgehead atoms. The minimum absolute atomic E-state index is 0.143. The summed E-state index contributed by atoms with van der Waals surface area (Å²) in [7, 11) is 0. The highest BCUT2D eigenvalue weighted by Gasteiger charge is 2.10. The topological polar surface area (TPSA) is 55.8 Å². The van der Waals surface area contributed by atoms with Gasteiger partial charge in [0.2, 0.25) is 0 Å². The van der Waals surface area contributed by atoms with Crippen LogP contribution in [0.3, 0.4) is 0 Å². The number of carbonyl (C=O) groups excluding carboxylic acids is 1. The van der Waals surface area contributed by atoms with Gasteiger partial charge in [0, 0.05) is 13.2 Å². The number of phenolic OH excluding ortho intramolecular Hbond substituents is 1. The first-order valence-corrected chi connectivity index (χ1v) is 8.67. The second-order valence-corrected chi connectivity index (χ2v) is 6.07. The Kier molecular flexibility index (Phi) is 10.1. The van der Waals surface area contributed by atoms with Gasteiger partial charge in [-0.25, -0.2) is 4.79 Å². The lowest BCUT2D eigenvalue weighted by molar-refractivity contribution is 0.0434. The van der Waals surface area contributed by atoms with Gasteiger partial charge in [0.05, 0.1) is 12.2 Å². The molecule has 1 atom stereocenters. The molecule has 0 fully saturated rings. The quantitative estimate of drug-likeness (QED) is 0.452. The van der Waals surface area contributed by atoms with Crippen LogP contribution in [0.2, 0.25) is 0 Å². The summed E-state index contributed by atoms with van der Waals surface area (Å²) in [6, 6.07) is 6.10. The van der Waals surface area contributed by atoms with Gasteiger partial charge in [0.25, 0.3) is 0 Å². The minimum Gasteiger partial charge on any atom is -0.508 e. The highest BCUT2D eigenvalue weighted by molar-refractivity contribution is 5.89. The van der Waals surface area contributed by atoms with E-state index in [-0.39, 0.29) is 11.7 Å². The van der Waals surface area contributed by atoms with Gasteiger partial charge >= 0.3 is 5.97 Å².